The Balaban J connectivity index is 2.09. The molecule has 0 radical (unpaired) electrons. The minimum absolute atomic E-state index is 0.0128. The molecule has 0 amide bonds. The van der Waals surface area contributed by atoms with Crippen LogP contribution in [0.1, 0.15) is 25.7 Å². The molecule has 1 saturated carbocycles. The van der Waals surface area contributed by atoms with Crippen molar-refractivity contribution < 1.29 is 13.5 Å². The van der Waals surface area contributed by atoms with E-state index >= 15 is 0 Å². The Bertz CT molecular complexity index is 124. The lowest BCUT2D eigenvalue weighted by atomic mass is 9.94. The van der Waals surface area contributed by atoms with E-state index in [0.29, 0.717) is 0 Å². The molecule has 4 heteroatoms. The van der Waals surface area contributed by atoms with E-state index in [1.165, 1.54) is 0 Å². The normalized spacial score (nSPS) is 31.0. The van der Waals surface area contributed by atoms with E-state index in [1.807, 2.05) is 0 Å². The van der Waals surface area contributed by atoms with E-state index in [9.17, 15) is 8.78 Å². The quantitative estimate of drug-likeness (QED) is 0.713. The van der Waals surface area contributed by atoms with Gasteiger partial charge in [0.2, 0.25) is 0 Å². The van der Waals surface area contributed by atoms with Crippen molar-refractivity contribution in [2.24, 2.45) is 5.73 Å². The molecule has 1 aliphatic rings. The molecule has 0 aliphatic heterocycles. The molecule has 0 aromatic rings. The molecule has 1 fully saturated rings. The first-order valence-electron chi connectivity index (χ1n) is 4.34. The molecule has 12 heavy (non-hydrogen) atoms. The van der Waals surface area contributed by atoms with E-state index in [0.717, 1.165) is 25.7 Å². The molecule has 0 unspecified atom stereocenters. The van der Waals surface area contributed by atoms with Crippen LogP contribution in [0.5, 0.6) is 0 Å². The van der Waals surface area contributed by atoms with E-state index in [2.05, 4.69) is 0 Å². The van der Waals surface area contributed by atoms with Gasteiger partial charge in [-0.1, -0.05) is 0 Å². The molecular formula is C8H15F2NO. The lowest BCUT2D eigenvalue weighted by Crippen LogP contribution is -2.31. The van der Waals surface area contributed by atoms with Gasteiger partial charge in [0.15, 0.2) is 0 Å². The molecule has 0 heterocycles. The number of rotatable bonds is 3. The fraction of sp³-hybridized carbons (Fsp3) is 1.00. The Kier molecular flexibility index (Phi) is 3.88. The summed E-state index contributed by atoms with van der Waals surface area (Å²) in [6, 6.07) is 0.247. The van der Waals surface area contributed by atoms with Crippen LogP contribution < -0.4 is 5.73 Å². The van der Waals surface area contributed by atoms with Gasteiger partial charge in [0.25, 0.3) is 6.43 Å². The number of hydrogen-bond acceptors (Lipinski definition) is 2. The number of ether oxygens (including phenoxy) is 1. The van der Waals surface area contributed by atoms with E-state index in [4.69, 9.17) is 10.5 Å². The maximum atomic E-state index is 11.7. The molecule has 1 aliphatic carbocycles. The predicted octanol–water partition coefficient (Wildman–Crippen LogP) is 1.54. The summed E-state index contributed by atoms with van der Waals surface area (Å²) < 4.78 is 28.4. The molecule has 0 aromatic carbocycles. The number of alkyl halides is 2. The van der Waals surface area contributed by atoms with Crippen LogP contribution in [0.3, 0.4) is 0 Å². The van der Waals surface area contributed by atoms with Crippen LogP contribution in [0.2, 0.25) is 0 Å². The Morgan fingerprint density at radius 2 is 1.83 bits per heavy atom. The predicted molar refractivity (Wildman–Crippen MR) is 42.2 cm³/mol. The lowest BCUT2D eigenvalue weighted by molar-refractivity contribution is -0.0380. The highest BCUT2D eigenvalue weighted by Gasteiger charge is 2.19. The van der Waals surface area contributed by atoms with Crippen LogP contribution in [0.4, 0.5) is 8.78 Å². The number of halogens is 2. The van der Waals surface area contributed by atoms with Gasteiger partial charge in [0.1, 0.15) is 6.61 Å². The second kappa shape index (κ2) is 4.72. The summed E-state index contributed by atoms with van der Waals surface area (Å²) in [5.74, 6) is 0. The van der Waals surface area contributed by atoms with Crippen molar-refractivity contribution in [3.05, 3.63) is 0 Å². The van der Waals surface area contributed by atoms with Crippen LogP contribution in [0.15, 0.2) is 0 Å². The van der Waals surface area contributed by atoms with E-state index in [1.54, 1.807) is 0 Å². The molecule has 0 bridgehead atoms. The maximum absolute atomic E-state index is 11.7. The summed E-state index contributed by atoms with van der Waals surface area (Å²) >= 11 is 0. The molecule has 0 aromatic heterocycles. The first-order valence-corrected chi connectivity index (χ1v) is 4.34. The summed E-state index contributed by atoms with van der Waals surface area (Å²) in [7, 11) is 0. The van der Waals surface area contributed by atoms with Gasteiger partial charge in [-0.3, -0.25) is 0 Å². The van der Waals surface area contributed by atoms with Gasteiger partial charge in [-0.2, -0.15) is 0 Å². The molecule has 2 nitrogen and oxygen atoms in total. The van der Waals surface area contributed by atoms with Crippen molar-refractivity contribution in [1.29, 1.82) is 0 Å². The number of nitrogens with two attached hydrogens (primary N) is 1. The maximum Gasteiger partial charge on any atom is 0.261 e. The zero-order valence-electron chi connectivity index (χ0n) is 7.01. The lowest BCUT2D eigenvalue weighted by Gasteiger charge is -2.25. The Labute approximate surface area is 71.1 Å². The van der Waals surface area contributed by atoms with Crippen LogP contribution in [0, 0.1) is 0 Å². The summed E-state index contributed by atoms with van der Waals surface area (Å²) in [6.07, 6.45) is 1.11. The fourth-order valence-corrected chi connectivity index (χ4v) is 1.46. The topological polar surface area (TPSA) is 35.2 Å². The zero-order chi connectivity index (χ0) is 8.97. The van der Waals surface area contributed by atoms with E-state index in [-0.39, 0.29) is 12.1 Å². The van der Waals surface area contributed by atoms with Gasteiger partial charge in [0, 0.05) is 6.04 Å². The van der Waals surface area contributed by atoms with Gasteiger partial charge in [0.05, 0.1) is 6.10 Å². The summed E-state index contributed by atoms with van der Waals surface area (Å²) in [5.41, 5.74) is 5.65. The Morgan fingerprint density at radius 3 is 2.33 bits per heavy atom. The van der Waals surface area contributed by atoms with Crippen LogP contribution in [0.25, 0.3) is 0 Å². The van der Waals surface area contributed by atoms with Crippen LogP contribution in [-0.2, 0) is 4.74 Å². The van der Waals surface area contributed by atoms with Gasteiger partial charge in [-0.05, 0) is 25.7 Å². The monoisotopic (exact) mass is 179 g/mol. The highest BCUT2D eigenvalue weighted by Crippen LogP contribution is 2.20. The molecule has 2 N–H and O–H groups in total. The molecule has 1 rings (SSSR count). The molecular weight excluding hydrogens is 164 g/mol. The van der Waals surface area contributed by atoms with Crippen molar-refractivity contribution in [1.82, 2.24) is 0 Å². The van der Waals surface area contributed by atoms with Crippen molar-refractivity contribution in [2.45, 2.75) is 44.3 Å². The van der Waals surface area contributed by atoms with Gasteiger partial charge in [-0.25, -0.2) is 8.78 Å². The second-order valence-corrected chi connectivity index (χ2v) is 3.26. The molecule has 0 spiro atoms. The zero-order valence-corrected chi connectivity index (χ0v) is 7.01. The van der Waals surface area contributed by atoms with Crippen molar-refractivity contribution in [3.8, 4) is 0 Å². The third-order valence-electron chi connectivity index (χ3n) is 2.18. The molecule has 0 saturated heterocycles. The summed E-state index contributed by atoms with van der Waals surface area (Å²) in [5, 5.41) is 0. The van der Waals surface area contributed by atoms with Gasteiger partial charge < -0.3 is 10.5 Å². The van der Waals surface area contributed by atoms with Crippen molar-refractivity contribution in [2.75, 3.05) is 6.61 Å². The Morgan fingerprint density at radius 1 is 1.25 bits per heavy atom. The fourth-order valence-electron chi connectivity index (χ4n) is 1.46. The van der Waals surface area contributed by atoms with Crippen LogP contribution >= 0.6 is 0 Å². The second-order valence-electron chi connectivity index (χ2n) is 3.26. The third kappa shape index (κ3) is 3.45. The first-order chi connectivity index (χ1) is 5.68. The highest BCUT2D eigenvalue weighted by molar-refractivity contribution is 4.74. The minimum Gasteiger partial charge on any atom is -0.372 e. The first kappa shape index (κ1) is 9.86. The average molecular weight is 179 g/mol. The minimum atomic E-state index is -2.35. The SMILES string of the molecule is NC1CCC(OCC(F)F)CC1. The summed E-state index contributed by atoms with van der Waals surface area (Å²) in [6.45, 7) is -0.431. The average Bonchev–Trinajstić information content (AvgIpc) is 2.03. The standard InChI is InChI=1S/C8H15F2NO/c9-8(10)5-12-7-3-1-6(11)2-4-7/h6-8H,1-5,11H2. The van der Waals surface area contributed by atoms with Gasteiger partial charge in [-0.15, -0.1) is 0 Å². The van der Waals surface area contributed by atoms with Crippen molar-refractivity contribution >= 4 is 0 Å². The highest BCUT2D eigenvalue weighted by atomic mass is 19.3. The van der Waals surface area contributed by atoms with E-state index < -0.39 is 13.0 Å². The Hall–Kier alpha value is -0.220. The third-order valence-corrected chi connectivity index (χ3v) is 2.18. The molecule has 0 atom stereocenters. The summed E-state index contributed by atoms with van der Waals surface area (Å²) in [4.78, 5) is 0. The van der Waals surface area contributed by atoms with Crippen molar-refractivity contribution in [3.63, 3.8) is 0 Å². The van der Waals surface area contributed by atoms with Gasteiger partial charge >= 0.3 is 0 Å². The van der Waals surface area contributed by atoms with Crippen LogP contribution in [-0.4, -0.2) is 25.2 Å². The largest absolute Gasteiger partial charge is 0.372 e. The number of hydrogen-bond donors (Lipinski definition) is 1. The molecule has 72 valence electrons. The smallest absolute Gasteiger partial charge is 0.261 e.